The van der Waals surface area contributed by atoms with Crippen LogP contribution in [0.2, 0.25) is 0 Å². The topological polar surface area (TPSA) is 45.2 Å². The molecule has 1 saturated heterocycles. The summed E-state index contributed by atoms with van der Waals surface area (Å²) in [4.78, 5) is 18.8. The minimum absolute atomic E-state index is 0.0335. The van der Waals surface area contributed by atoms with Gasteiger partial charge in [0.25, 0.3) is 0 Å². The van der Waals surface area contributed by atoms with Crippen molar-refractivity contribution in [3.8, 4) is 0 Å². The highest BCUT2D eigenvalue weighted by molar-refractivity contribution is 5.93. The number of aryl methyl sites for hydroxylation is 1. The van der Waals surface area contributed by atoms with Crippen molar-refractivity contribution in [2.75, 3.05) is 11.9 Å². The maximum atomic E-state index is 13.9. The standard InChI is InChI=1S/C21H19F2N3O/c1-13-17(12-15-9-10-16(22)19(23)20(15)24-13)25-21(27)26-11-5-8-18(26)14-6-3-2-4-7-14/h2-4,6-7,9-10,12,18H,5,8,11H2,1H3,(H,25,27). The molecule has 1 aromatic heterocycles. The van der Waals surface area contributed by atoms with Gasteiger partial charge in [0, 0.05) is 11.9 Å². The number of hydrogen-bond acceptors (Lipinski definition) is 2. The SMILES string of the molecule is Cc1nc2c(F)c(F)ccc2cc1NC(=O)N1CCCC1c1ccccc1. The third-order valence-corrected chi connectivity index (χ3v) is 5.01. The van der Waals surface area contributed by atoms with Gasteiger partial charge < -0.3 is 10.2 Å². The van der Waals surface area contributed by atoms with E-state index in [0.29, 0.717) is 23.3 Å². The first-order valence-electron chi connectivity index (χ1n) is 8.92. The lowest BCUT2D eigenvalue weighted by Crippen LogP contribution is -2.34. The minimum atomic E-state index is -0.975. The number of anilines is 1. The molecule has 1 aliphatic rings. The number of nitrogens with zero attached hydrogens (tertiary/aromatic N) is 2. The average Bonchev–Trinajstić information content (AvgIpc) is 3.17. The first kappa shape index (κ1) is 17.4. The molecule has 1 N–H and O–H groups in total. The number of fused-ring (bicyclic) bond motifs is 1. The Labute approximate surface area is 155 Å². The molecule has 0 radical (unpaired) electrons. The number of likely N-dealkylation sites (tertiary alicyclic amines) is 1. The van der Waals surface area contributed by atoms with Crippen molar-refractivity contribution in [1.29, 1.82) is 0 Å². The number of pyridine rings is 1. The Morgan fingerprint density at radius 1 is 1.19 bits per heavy atom. The Morgan fingerprint density at radius 3 is 2.74 bits per heavy atom. The summed E-state index contributed by atoms with van der Waals surface area (Å²) in [6, 6.07) is 13.9. The molecule has 2 amide bonds. The van der Waals surface area contributed by atoms with Gasteiger partial charge in [-0.25, -0.2) is 18.6 Å². The van der Waals surface area contributed by atoms with E-state index >= 15 is 0 Å². The number of amides is 2. The summed E-state index contributed by atoms with van der Waals surface area (Å²) in [5.74, 6) is -1.91. The second-order valence-electron chi connectivity index (χ2n) is 6.75. The molecule has 0 bridgehead atoms. The summed E-state index contributed by atoms with van der Waals surface area (Å²) >= 11 is 0. The zero-order valence-corrected chi connectivity index (χ0v) is 14.9. The molecule has 1 atom stereocenters. The van der Waals surface area contributed by atoms with Gasteiger partial charge in [-0.3, -0.25) is 0 Å². The van der Waals surface area contributed by atoms with E-state index in [1.165, 1.54) is 6.07 Å². The van der Waals surface area contributed by atoms with E-state index in [4.69, 9.17) is 0 Å². The van der Waals surface area contributed by atoms with Gasteiger partial charge in [0.1, 0.15) is 5.52 Å². The first-order valence-corrected chi connectivity index (χ1v) is 8.92. The van der Waals surface area contributed by atoms with Crippen LogP contribution in [-0.2, 0) is 0 Å². The Balaban J connectivity index is 1.61. The van der Waals surface area contributed by atoms with Crippen molar-refractivity contribution in [2.45, 2.75) is 25.8 Å². The quantitative estimate of drug-likeness (QED) is 0.677. The smallest absolute Gasteiger partial charge is 0.317 e. The summed E-state index contributed by atoms with van der Waals surface area (Å²) in [7, 11) is 0. The fraction of sp³-hybridized carbons (Fsp3) is 0.238. The molecule has 1 fully saturated rings. The summed E-state index contributed by atoms with van der Waals surface area (Å²) in [6.45, 7) is 2.34. The van der Waals surface area contributed by atoms with Crippen LogP contribution in [0.5, 0.6) is 0 Å². The molecule has 6 heteroatoms. The Hall–Kier alpha value is -3.02. The zero-order valence-electron chi connectivity index (χ0n) is 14.9. The highest BCUT2D eigenvalue weighted by Gasteiger charge is 2.30. The highest BCUT2D eigenvalue weighted by atomic mass is 19.2. The van der Waals surface area contributed by atoms with Crippen molar-refractivity contribution in [2.24, 2.45) is 0 Å². The van der Waals surface area contributed by atoms with Crippen molar-refractivity contribution in [3.63, 3.8) is 0 Å². The van der Waals surface area contributed by atoms with Gasteiger partial charge in [-0.1, -0.05) is 30.3 Å². The van der Waals surface area contributed by atoms with Gasteiger partial charge in [-0.2, -0.15) is 0 Å². The summed E-state index contributed by atoms with van der Waals surface area (Å²) in [6.07, 6.45) is 1.85. The number of urea groups is 1. The predicted octanol–water partition coefficient (Wildman–Crippen LogP) is 5.19. The average molecular weight is 367 g/mol. The third-order valence-electron chi connectivity index (χ3n) is 5.01. The third kappa shape index (κ3) is 3.23. The van der Waals surface area contributed by atoms with E-state index in [1.807, 2.05) is 35.2 Å². The van der Waals surface area contributed by atoms with E-state index in [0.717, 1.165) is 24.5 Å². The van der Waals surface area contributed by atoms with Gasteiger partial charge in [0.15, 0.2) is 11.6 Å². The van der Waals surface area contributed by atoms with Crippen LogP contribution < -0.4 is 5.32 Å². The molecule has 4 rings (SSSR count). The van der Waals surface area contributed by atoms with Crippen LogP contribution in [-0.4, -0.2) is 22.5 Å². The Bertz CT molecular complexity index is 1010. The molecule has 0 aliphatic carbocycles. The fourth-order valence-corrected chi connectivity index (χ4v) is 3.62. The largest absolute Gasteiger partial charge is 0.322 e. The number of rotatable bonds is 2. The monoisotopic (exact) mass is 367 g/mol. The maximum Gasteiger partial charge on any atom is 0.322 e. The number of aromatic nitrogens is 1. The second-order valence-corrected chi connectivity index (χ2v) is 6.75. The van der Waals surface area contributed by atoms with Crippen molar-refractivity contribution >= 4 is 22.6 Å². The number of hydrogen-bond donors (Lipinski definition) is 1. The first-order chi connectivity index (χ1) is 13.0. The second kappa shape index (κ2) is 6.95. The fourth-order valence-electron chi connectivity index (χ4n) is 3.62. The molecule has 2 aromatic carbocycles. The van der Waals surface area contributed by atoms with Crippen LogP contribution in [0.4, 0.5) is 19.3 Å². The molecule has 27 heavy (non-hydrogen) atoms. The molecular formula is C21H19F2N3O. The van der Waals surface area contributed by atoms with Crippen LogP contribution in [0.1, 0.15) is 30.1 Å². The summed E-state index contributed by atoms with van der Waals surface area (Å²) < 4.78 is 27.3. The zero-order chi connectivity index (χ0) is 19.0. The van der Waals surface area contributed by atoms with E-state index in [-0.39, 0.29) is 17.6 Å². The molecule has 0 saturated carbocycles. The number of halogens is 2. The molecule has 1 aliphatic heterocycles. The van der Waals surface area contributed by atoms with Crippen molar-refractivity contribution < 1.29 is 13.6 Å². The van der Waals surface area contributed by atoms with Crippen molar-refractivity contribution in [3.05, 3.63) is 71.4 Å². The van der Waals surface area contributed by atoms with Gasteiger partial charge in [0.05, 0.1) is 17.4 Å². The summed E-state index contributed by atoms with van der Waals surface area (Å²) in [5, 5.41) is 3.33. The number of carbonyl (C=O) groups is 1. The normalized spacial score (nSPS) is 16.7. The number of benzene rings is 2. The molecule has 2 heterocycles. The van der Waals surface area contributed by atoms with Crippen molar-refractivity contribution in [1.82, 2.24) is 9.88 Å². The lowest BCUT2D eigenvalue weighted by atomic mass is 10.1. The van der Waals surface area contributed by atoms with Crippen LogP contribution in [0, 0.1) is 18.6 Å². The lowest BCUT2D eigenvalue weighted by molar-refractivity contribution is 0.207. The van der Waals surface area contributed by atoms with Gasteiger partial charge in [0.2, 0.25) is 0 Å². The van der Waals surface area contributed by atoms with Gasteiger partial charge in [-0.15, -0.1) is 0 Å². The Morgan fingerprint density at radius 2 is 1.96 bits per heavy atom. The summed E-state index contributed by atoms with van der Waals surface area (Å²) in [5.41, 5.74) is 2.01. The van der Waals surface area contributed by atoms with Gasteiger partial charge >= 0.3 is 6.03 Å². The van der Waals surface area contributed by atoms with Crippen LogP contribution >= 0.6 is 0 Å². The minimum Gasteiger partial charge on any atom is -0.317 e. The van der Waals surface area contributed by atoms with Crippen LogP contribution in [0.3, 0.4) is 0 Å². The van der Waals surface area contributed by atoms with E-state index in [1.54, 1.807) is 13.0 Å². The van der Waals surface area contributed by atoms with Crippen LogP contribution in [0.15, 0.2) is 48.5 Å². The number of carbonyl (C=O) groups excluding carboxylic acids is 1. The molecule has 0 spiro atoms. The molecule has 138 valence electrons. The Kier molecular flexibility index (Phi) is 4.48. The van der Waals surface area contributed by atoms with Gasteiger partial charge in [-0.05, 0) is 43.5 Å². The molecule has 4 nitrogen and oxygen atoms in total. The van der Waals surface area contributed by atoms with E-state index in [2.05, 4.69) is 10.3 Å². The molecular weight excluding hydrogens is 348 g/mol. The van der Waals surface area contributed by atoms with E-state index in [9.17, 15) is 13.6 Å². The predicted molar refractivity (Wildman–Crippen MR) is 101 cm³/mol. The highest BCUT2D eigenvalue weighted by Crippen LogP contribution is 2.32. The molecule has 1 unspecified atom stereocenters. The maximum absolute atomic E-state index is 13.9. The lowest BCUT2D eigenvalue weighted by Gasteiger charge is -2.25. The van der Waals surface area contributed by atoms with E-state index < -0.39 is 11.6 Å². The molecule has 3 aromatic rings. The number of nitrogens with one attached hydrogen (secondary N) is 1. The van der Waals surface area contributed by atoms with Crippen LogP contribution in [0.25, 0.3) is 10.9 Å².